The van der Waals surface area contributed by atoms with Crippen LogP contribution in [0.2, 0.25) is 0 Å². The molecule has 8 heteroatoms. The maximum absolute atomic E-state index is 14.2. The highest BCUT2D eigenvalue weighted by Crippen LogP contribution is 2.41. The Balaban J connectivity index is 1.19. The fourth-order valence-electron chi connectivity index (χ4n) is 7.06. The predicted molar refractivity (Wildman–Crippen MR) is 166 cm³/mol. The van der Waals surface area contributed by atoms with Crippen molar-refractivity contribution >= 4 is 17.6 Å². The molecule has 0 bridgehead atoms. The minimum atomic E-state index is -0.172. The zero-order chi connectivity index (χ0) is 30.6. The Bertz CT molecular complexity index is 1520. The number of amides is 1. The molecule has 3 saturated carbocycles. The number of methoxy groups -OCH3 is 2. The fraction of sp³-hybridized carbons (Fsp3) is 0.500. The summed E-state index contributed by atoms with van der Waals surface area (Å²) in [5.41, 5.74) is 4.39. The van der Waals surface area contributed by atoms with E-state index in [1.165, 1.54) is 12.7 Å². The van der Waals surface area contributed by atoms with Crippen LogP contribution in [0.4, 0.5) is 5.69 Å². The summed E-state index contributed by atoms with van der Waals surface area (Å²) in [5.74, 6) is 2.33. The molecule has 230 valence electrons. The number of aromatic nitrogens is 1. The molecule has 3 aromatic rings. The van der Waals surface area contributed by atoms with Gasteiger partial charge in [0.05, 0.1) is 25.7 Å². The van der Waals surface area contributed by atoms with E-state index < -0.39 is 0 Å². The largest absolute Gasteiger partial charge is 0.495 e. The van der Waals surface area contributed by atoms with Gasteiger partial charge in [0.2, 0.25) is 5.91 Å². The Morgan fingerprint density at radius 1 is 0.932 bits per heavy atom. The van der Waals surface area contributed by atoms with Crippen LogP contribution in [0.1, 0.15) is 93.1 Å². The third-order valence-corrected chi connectivity index (χ3v) is 9.88. The number of nitriles is 1. The summed E-state index contributed by atoms with van der Waals surface area (Å²) >= 11 is 0. The van der Waals surface area contributed by atoms with Gasteiger partial charge >= 0.3 is 5.97 Å². The maximum atomic E-state index is 14.2. The molecule has 0 spiro atoms. The molecular weight excluding hydrogens is 554 g/mol. The van der Waals surface area contributed by atoms with E-state index in [9.17, 15) is 14.9 Å². The van der Waals surface area contributed by atoms with Crippen LogP contribution in [0, 0.1) is 29.1 Å². The fourth-order valence-corrected chi connectivity index (χ4v) is 7.06. The number of anilines is 1. The van der Waals surface area contributed by atoms with Crippen molar-refractivity contribution in [2.24, 2.45) is 17.8 Å². The molecule has 3 aliphatic rings. The van der Waals surface area contributed by atoms with Crippen molar-refractivity contribution < 1.29 is 23.5 Å². The van der Waals surface area contributed by atoms with Crippen LogP contribution in [0.3, 0.4) is 0 Å². The van der Waals surface area contributed by atoms with Gasteiger partial charge in [-0.15, -0.1) is 0 Å². The van der Waals surface area contributed by atoms with Crippen LogP contribution < -0.4 is 9.64 Å². The van der Waals surface area contributed by atoms with E-state index in [1.807, 2.05) is 35.2 Å². The molecule has 44 heavy (non-hydrogen) atoms. The molecule has 3 fully saturated rings. The lowest BCUT2D eigenvalue weighted by Gasteiger charge is -2.36. The molecule has 6 rings (SSSR count). The van der Waals surface area contributed by atoms with E-state index in [-0.39, 0.29) is 23.7 Å². The quantitative estimate of drug-likeness (QED) is 0.238. The molecular formula is C36H41N3O5. The smallest absolute Gasteiger partial charge is 0.308 e. The normalized spacial score (nSPS) is 23.4. The number of carbonyl (C=O) groups is 2. The molecule has 1 heterocycles. The number of esters is 1. The highest BCUT2D eigenvalue weighted by molar-refractivity contribution is 5.95. The maximum Gasteiger partial charge on any atom is 0.308 e. The second-order valence-corrected chi connectivity index (χ2v) is 12.7. The minimum Gasteiger partial charge on any atom is -0.495 e. The van der Waals surface area contributed by atoms with Crippen molar-refractivity contribution in [3.05, 3.63) is 65.7 Å². The van der Waals surface area contributed by atoms with Crippen molar-refractivity contribution in [1.29, 1.82) is 5.26 Å². The van der Waals surface area contributed by atoms with Crippen LogP contribution in [0.15, 0.2) is 53.1 Å². The Labute approximate surface area is 259 Å². The van der Waals surface area contributed by atoms with Crippen LogP contribution in [-0.4, -0.2) is 37.6 Å². The first-order valence-corrected chi connectivity index (χ1v) is 16.0. The van der Waals surface area contributed by atoms with Gasteiger partial charge in [-0.3, -0.25) is 9.59 Å². The first kappa shape index (κ1) is 29.9. The summed E-state index contributed by atoms with van der Waals surface area (Å²) in [6, 6.07) is 16.3. The summed E-state index contributed by atoms with van der Waals surface area (Å²) in [7, 11) is 3.02. The van der Waals surface area contributed by atoms with Gasteiger partial charge < -0.3 is 18.8 Å². The van der Waals surface area contributed by atoms with Crippen LogP contribution in [-0.2, 0) is 14.3 Å². The zero-order valence-electron chi connectivity index (χ0n) is 25.7. The van der Waals surface area contributed by atoms with Crippen molar-refractivity contribution in [2.45, 2.75) is 76.0 Å². The number of hydrogen-bond acceptors (Lipinski definition) is 7. The number of rotatable bonds is 9. The lowest BCUT2D eigenvalue weighted by Crippen LogP contribution is -2.42. The molecule has 0 saturated heterocycles. The summed E-state index contributed by atoms with van der Waals surface area (Å²) in [5, 5.41) is 9.56. The number of ether oxygens (including phenoxy) is 2. The van der Waals surface area contributed by atoms with Gasteiger partial charge in [-0.25, -0.2) is 4.98 Å². The Morgan fingerprint density at radius 3 is 2.34 bits per heavy atom. The standard InChI is InChI=1S/C36H41N3O5/c1-42-33-17-16-28(18-30(33)20-37)24-8-6-23(7-9-24)21-39(35(40)26-12-14-27(15-13-26)36(41)43-2)31-5-3-4-29(19-31)32-22-44-34(38-32)25-10-11-25/h3-5,16-19,22-27H,6-15,21H2,1-2H3/t23-,24-,26-,27-. The highest BCUT2D eigenvalue weighted by Gasteiger charge is 2.35. The van der Waals surface area contributed by atoms with Crippen molar-refractivity contribution in [3.8, 4) is 23.1 Å². The number of nitrogens with zero attached hydrogens (tertiary/aromatic N) is 3. The second kappa shape index (κ2) is 13.3. The first-order valence-electron chi connectivity index (χ1n) is 16.0. The summed E-state index contributed by atoms with van der Waals surface area (Å²) in [4.78, 5) is 33.1. The third kappa shape index (κ3) is 6.52. The Morgan fingerprint density at radius 2 is 1.66 bits per heavy atom. The SMILES string of the molecule is COc1ccc([C@H]2CC[C@H](CN(c3cccc(-c4coc(C5CC5)n4)c3)C(=O)[C@H]3CC[C@H](C(=O)OC)CC3)CC2)cc1C#N. The molecule has 0 unspecified atom stereocenters. The Hall–Kier alpha value is -4.12. The van der Waals surface area contributed by atoms with Gasteiger partial charge in [-0.05, 0) is 106 Å². The van der Waals surface area contributed by atoms with E-state index in [0.29, 0.717) is 61.3 Å². The number of oxazole rings is 1. The van der Waals surface area contributed by atoms with Gasteiger partial charge in [-0.2, -0.15) is 5.26 Å². The molecule has 0 N–H and O–H groups in total. The molecule has 8 nitrogen and oxygen atoms in total. The van der Waals surface area contributed by atoms with E-state index >= 15 is 0 Å². The monoisotopic (exact) mass is 595 g/mol. The van der Waals surface area contributed by atoms with Gasteiger partial charge in [0, 0.05) is 29.6 Å². The molecule has 1 amide bonds. The van der Waals surface area contributed by atoms with Gasteiger partial charge in [0.1, 0.15) is 23.8 Å². The van der Waals surface area contributed by atoms with Gasteiger partial charge in [0.15, 0.2) is 5.89 Å². The van der Waals surface area contributed by atoms with Crippen molar-refractivity contribution in [1.82, 2.24) is 4.98 Å². The molecule has 0 radical (unpaired) electrons. The number of carbonyl (C=O) groups excluding carboxylic acids is 2. The van der Waals surface area contributed by atoms with E-state index in [2.05, 4.69) is 18.2 Å². The topological polar surface area (TPSA) is 106 Å². The second-order valence-electron chi connectivity index (χ2n) is 12.7. The van der Waals surface area contributed by atoms with Crippen molar-refractivity contribution in [3.63, 3.8) is 0 Å². The Kier molecular flexibility index (Phi) is 9.02. The molecule has 2 aromatic carbocycles. The zero-order valence-corrected chi connectivity index (χ0v) is 25.7. The average Bonchev–Trinajstić information content (AvgIpc) is 3.82. The number of hydrogen-bond donors (Lipinski definition) is 0. The molecule has 3 aliphatic carbocycles. The molecule has 0 aliphatic heterocycles. The molecule has 0 atom stereocenters. The average molecular weight is 596 g/mol. The first-order chi connectivity index (χ1) is 21.5. The summed E-state index contributed by atoms with van der Waals surface area (Å²) < 4.78 is 16.1. The summed E-state index contributed by atoms with van der Waals surface area (Å²) in [6.45, 7) is 0.657. The lowest BCUT2D eigenvalue weighted by molar-refractivity contribution is -0.147. The third-order valence-electron chi connectivity index (χ3n) is 9.88. The predicted octanol–water partition coefficient (Wildman–Crippen LogP) is 7.39. The van der Waals surface area contributed by atoms with Gasteiger partial charge in [0.25, 0.3) is 0 Å². The molecule has 1 aromatic heterocycles. The highest BCUT2D eigenvalue weighted by atomic mass is 16.5. The van der Waals surface area contributed by atoms with Crippen LogP contribution in [0.25, 0.3) is 11.3 Å². The van der Waals surface area contributed by atoms with E-state index in [1.54, 1.807) is 13.4 Å². The van der Waals surface area contributed by atoms with Crippen LogP contribution >= 0.6 is 0 Å². The summed E-state index contributed by atoms with van der Waals surface area (Å²) in [6.07, 6.45) is 10.7. The van der Waals surface area contributed by atoms with Gasteiger partial charge in [-0.1, -0.05) is 18.2 Å². The minimum absolute atomic E-state index is 0.117. The van der Waals surface area contributed by atoms with Crippen LogP contribution in [0.5, 0.6) is 5.75 Å². The number of benzene rings is 2. The van der Waals surface area contributed by atoms with Crippen molar-refractivity contribution in [2.75, 3.05) is 25.7 Å². The van der Waals surface area contributed by atoms with E-state index in [4.69, 9.17) is 18.9 Å². The lowest BCUT2D eigenvalue weighted by atomic mass is 9.77. The van der Waals surface area contributed by atoms with E-state index in [0.717, 1.165) is 61.4 Å².